The van der Waals surface area contributed by atoms with E-state index in [0.717, 1.165) is 120 Å². The van der Waals surface area contributed by atoms with Crippen LogP contribution in [-0.2, 0) is 0 Å². The summed E-state index contributed by atoms with van der Waals surface area (Å²) in [5.41, 5.74) is 11.4. The van der Waals surface area contributed by atoms with Crippen LogP contribution in [0, 0.1) is 0 Å². The number of rotatable bonds is 5. The molecule has 0 fully saturated rings. The number of aromatic nitrogens is 9. The number of hydrogen-bond donors (Lipinski definition) is 0. The van der Waals surface area contributed by atoms with Crippen LogP contribution in [0.25, 0.3) is 144 Å². The molecule has 10 nitrogen and oxygen atoms in total. The van der Waals surface area contributed by atoms with E-state index in [4.69, 9.17) is 29.3 Å². The van der Waals surface area contributed by atoms with Crippen molar-refractivity contribution < 1.29 is 4.42 Å². The van der Waals surface area contributed by atoms with Crippen LogP contribution in [0.15, 0.2) is 217 Å². The highest BCUT2D eigenvalue weighted by Gasteiger charge is 2.25. The zero-order valence-electron chi connectivity index (χ0n) is 37.6. The van der Waals surface area contributed by atoms with E-state index in [1.807, 2.05) is 36.5 Å². The number of hydrogen-bond acceptors (Lipinski definition) is 6. The Bertz CT molecular complexity index is 4670. The normalized spacial score (nSPS) is 12.2. The lowest BCUT2D eigenvalue weighted by atomic mass is 10.1. The fraction of sp³-hybridized carbons (Fsp3) is 0. The van der Waals surface area contributed by atoms with Crippen molar-refractivity contribution in [1.29, 1.82) is 0 Å². The molecule has 16 rings (SSSR count). The maximum atomic E-state index is 6.19. The summed E-state index contributed by atoms with van der Waals surface area (Å²) in [6, 6.07) is 71.9. The first-order valence-electron chi connectivity index (χ1n) is 23.7. The molecule has 10 heteroatoms. The van der Waals surface area contributed by atoms with E-state index in [1.165, 1.54) is 0 Å². The second-order valence-corrected chi connectivity index (χ2v) is 18.1. The predicted octanol–water partition coefficient (Wildman–Crippen LogP) is 14.6. The molecule has 0 amide bonds. The first-order valence-corrected chi connectivity index (χ1v) is 23.7. The summed E-state index contributed by atoms with van der Waals surface area (Å²) in [6.45, 7) is 0. The summed E-state index contributed by atoms with van der Waals surface area (Å²) < 4.78 is 14.9. The Morgan fingerprint density at radius 2 is 0.648 bits per heavy atom. The Morgan fingerprint density at radius 3 is 1.13 bits per heavy atom. The van der Waals surface area contributed by atoms with Gasteiger partial charge in [-0.15, -0.1) is 0 Å². The summed E-state index contributed by atoms with van der Waals surface area (Å²) >= 11 is 0. The SMILES string of the molecule is c1ccc2c(c1)oc1ccc(-c3ccnc(-n4c5ccccc5c5cc6c7ccccc7n(-c7nc(-n8c9ccccc9c9ccccc98)nc(-n8c9ccccc9c9ccccc98)n7)c6cc54)n3)cc12. The van der Waals surface area contributed by atoms with Gasteiger partial charge in [0.25, 0.3) is 0 Å². The standard InChI is InChI=1S/C61H35N9O/c1-8-22-48-37(15-1)38-16-2-9-23-49(38)67(48)59-64-60(68-50-24-10-3-17-39(50)40-18-4-11-25-51(40)68)66-61(65-59)70-53-27-13-6-20-42(53)45-34-44-41-19-5-12-26-52(41)69(54(44)35-55(45)70)58-62-32-31-47(63-58)36-29-30-57-46(33-36)43-21-7-14-28-56(43)71-57/h1-35H. The van der Waals surface area contributed by atoms with E-state index in [9.17, 15) is 0 Å². The van der Waals surface area contributed by atoms with Gasteiger partial charge in [0.2, 0.25) is 23.8 Å². The van der Waals surface area contributed by atoms with Crippen molar-refractivity contribution in [2.75, 3.05) is 0 Å². The second-order valence-electron chi connectivity index (χ2n) is 18.1. The zero-order valence-corrected chi connectivity index (χ0v) is 37.6. The van der Waals surface area contributed by atoms with Crippen molar-refractivity contribution in [2.24, 2.45) is 0 Å². The van der Waals surface area contributed by atoms with E-state index in [-0.39, 0.29) is 0 Å². The van der Waals surface area contributed by atoms with Crippen LogP contribution in [0.2, 0.25) is 0 Å². The van der Waals surface area contributed by atoms with Gasteiger partial charge in [0.1, 0.15) is 11.2 Å². The van der Waals surface area contributed by atoms with Gasteiger partial charge in [-0.05, 0) is 78.9 Å². The van der Waals surface area contributed by atoms with Gasteiger partial charge >= 0.3 is 0 Å². The first kappa shape index (κ1) is 38.1. The summed E-state index contributed by atoms with van der Waals surface area (Å²) in [6.07, 6.45) is 1.85. The van der Waals surface area contributed by atoms with Crippen molar-refractivity contribution in [3.05, 3.63) is 212 Å². The quantitative estimate of drug-likeness (QED) is 0.171. The molecule has 330 valence electrons. The molecule has 9 aromatic carbocycles. The Morgan fingerprint density at radius 1 is 0.268 bits per heavy atom. The number of furan rings is 1. The molecule has 0 aliphatic heterocycles. The maximum absolute atomic E-state index is 6.19. The lowest BCUT2D eigenvalue weighted by molar-refractivity contribution is 0.669. The minimum absolute atomic E-state index is 0.488. The van der Waals surface area contributed by atoms with Gasteiger partial charge in [-0.2, -0.15) is 15.0 Å². The monoisotopic (exact) mass is 909 g/mol. The zero-order chi connectivity index (χ0) is 46.3. The van der Waals surface area contributed by atoms with Gasteiger partial charge in [0.15, 0.2) is 0 Å². The third kappa shape index (κ3) is 5.38. The molecular formula is C61H35N9O. The van der Waals surface area contributed by atoms with Gasteiger partial charge < -0.3 is 4.42 Å². The summed E-state index contributed by atoms with van der Waals surface area (Å²) in [5.74, 6) is 2.08. The molecular weight excluding hydrogens is 875 g/mol. The summed E-state index contributed by atoms with van der Waals surface area (Å²) in [5, 5.41) is 11.0. The van der Waals surface area contributed by atoms with Crippen LogP contribution in [-0.4, -0.2) is 43.2 Å². The van der Waals surface area contributed by atoms with Crippen molar-refractivity contribution in [3.63, 3.8) is 0 Å². The summed E-state index contributed by atoms with van der Waals surface area (Å²) in [4.78, 5) is 26.8. The van der Waals surface area contributed by atoms with Gasteiger partial charge in [0, 0.05) is 65.6 Å². The molecule has 7 aromatic heterocycles. The van der Waals surface area contributed by atoms with Gasteiger partial charge in [-0.3, -0.25) is 18.3 Å². The van der Waals surface area contributed by atoms with Crippen LogP contribution < -0.4 is 0 Å². The number of fused-ring (bicyclic) bond motifs is 15. The molecule has 0 radical (unpaired) electrons. The fourth-order valence-electron chi connectivity index (χ4n) is 11.3. The van der Waals surface area contributed by atoms with Crippen LogP contribution in [0.5, 0.6) is 0 Å². The van der Waals surface area contributed by atoms with Crippen LogP contribution >= 0.6 is 0 Å². The predicted molar refractivity (Wildman–Crippen MR) is 285 cm³/mol. The minimum atomic E-state index is 0.488. The fourth-order valence-corrected chi connectivity index (χ4v) is 11.3. The molecule has 0 atom stereocenters. The average molecular weight is 910 g/mol. The topological polar surface area (TPSA) is 97.3 Å². The Kier molecular flexibility index (Phi) is 7.67. The molecule has 0 aliphatic rings. The maximum Gasteiger partial charge on any atom is 0.241 e. The van der Waals surface area contributed by atoms with E-state index in [0.29, 0.717) is 23.8 Å². The van der Waals surface area contributed by atoms with Crippen LogP contribution in [0.1, 0.15) is 0 Å². The highest BCUT2D eigenvalue weighted by atomic mass is 16.3. The molecule has 0 unspecified atom stereocenters. The van der Waals surface area contributed by atoms with Crippen molar-refractivity contribution in [3.8, 4) is 35.1 Å². The highest BCUT2D eigenvalue weighted by molar-refractivity contribution is 6.19. The molecule has 0 bridgehead atoms. The first-order chi connectivity index (χ1) is 35.2. The Hall–Kier alpha value is -9.93. The second kappa shape index (κ2) is 14.3. The number of nitrogens with zero attached hydrogens (tertiary/aromatic N) is 9. The lowest BCUT2D eigenvalue weighted by Gasteiger charge is -2.14. The third-order valence-electron chi connectivity index (χ3n) is 14.3. The molecule has 0 saturated carbocycles. The van der Waals surface area contributed by atoms with Gasteiger partial charge in [0.05, 0.1) is 49.8 Å². The van der Waals surface area contributed by atoms with Crippen molar-refractivity contribution >= 4 is 109 Å². The molecule has 71 heavy (non-hydrogen) atoms. The molecule has 16 aromatic rings. The molecule has 7 heterocycles. The Balaban J connectivity index is 0.983. The molecule has 0 aliphatic carbocycles. The van der Waals surface area contributed by atoms with E-state index < -0.39 is 0 Å². The van der Waals surface area contributed by atoms with E-state index in [2.05, 4.69) is 194 Å². The van der Waals surface area contributed by atoms with Crippen molar-refractivity contribution in [1.82, 2.24) is 43.2 Å². The minimum Gasteiger partial charge on any atom is -0.456 e. The van der Waals surface area contributed by atoms with Crippen LogP contribution in [0.3, 0.4) is 0 Å². The largest absolute Gasteiger partial charge is 0.456 e. The van der Waals surface area contributed by atoms with Gasteiger partial charge in [-0.1, -0.05) is 127 Å². The lowest BCUT2D eigenvalue weighted by Crippen LogP contribution is -2.13. The van der Waals surface area contributed by atoms with Crippen LogP contribution in [0.4, 0.5) is 0 Å². The summed E-state index contributed by atoms with van der Waals surface area (Å²) in [7, 11) is 0. The third-order valence-corrected chi connectivity index (χ3v) is 14.3. The van der Waals surface area contributed by atoms with E-state index in [1.54, 1.807) is 0 Å². The van der Waals surface area contributed by atoms with E-state index >= 15 is 0 Å². The Labute approximate surface area is 402 Å². The smallest absolute Gasteiger partial charge is 0.241 e. The highest BCUT2D eigenvalue weighted by Crippen LogP contribution is 2.41. The number of para-hydroxylation sites is 7. The molecule has 0 saturated heterocycles. The van der Waals surface area contributed by atoms with Crippen molar-refractivity contribution in [2.45, 2.75) is 0 Å². The molecule has 0 N–H and O–H groups in total. The number of benzene rings is 9. The van der Waals surface area contributed by atoms with Gasteiger partial charge in [-0.25, -0.2) is 9.97 Å². The molecule has 0 spiro atoms. The average Bonchev–Trinajstić information content (AvgIpc) is 4.23.